The molecule has 0 aliphatic heterocycles. The standard InChI is InChI=1S/C17H24ClN5O/c1-4-22(5-2)11-7-10-19-17(24)16-13(3)23(21-20-16)15-9-6-8-14(18)12-15/h6,8-9,12H,4-5,7,10-11H2,1-3H3,(H,19,24). The minimum absolute atomic E-state index is 0.194. The van der Waals surface area contributed by atoms with Crippen LogP contribution in [-0.2, 0) is 0 Å². The van der Waals surface area contributed by atoms with Gasteiger partial charge in [0.1, 0.15) is 0 Å². The molecule has 0 aliphatic rings. The molecule has 1 N–H and O–H groups in total. The van der Waals surface area contributed by atoms with Gasteiger partial charge in [-0.1, -0.05) is 36.7 Å². The van der Waals surface area contributed by atoms with Crippen molar-refractivity contribution in [3.05, 3.63) is 40.7 Å². The second-order valence-electron chi connectivity index (χ2n) is 5.55. The lowest BCUT2D eigenvalue weighted by Gasteiger charge is -2.17. The van der Waals surface area contributed by atoms with E-state index in [9.17, 15) is 4.79 Å². The van der Waals surface area contributed by atoms with Crippen LogP contribution in [-0.4, -0.2) is 52.0 Å². The average molecular weight is 350 g/mol. The van der Waals surface area contributed by atoms with E-state index in [2.05, 4.69) is 34.4 Å². The van der Waals surface area contributed by atoms with Gasteiger partial charge in [-0.3, -0.25) is 4.79 Å². The second-order valence-corrected chi connectivity index (χ2v) is 5.99. The van der Waals surface area contributed by atoms with Crippen LogP contribution in [0.5, 0.6) is 0 Å². The summed E-state index contributed by atoms with van der Waals surface area (Å²) in [6.45, 7) is 9.75. The molecule has 2 rings (SSSR count). The number of benzene rings is 1. The third-order valence-corrected chi connectivity index (χ3v) is 4.23. The molecule has 7 heteroatoms. The third-order valence-electron chi connectivity index (χ3n) is 3.99. The first-order valence-corrected chi connectivity index (χ1v) is 8.63. The summed E-state index contributed by atoms with van der Waals surface area (Å²) in [5.74, 6) is -0.194. The third kappa shape index (κ3) is 4.55. The number of hydrogen-bond acceptors (Lipinski definition) is 4. The van der Waals surface area contributed by atoms with E-state index < -0.39 is 0 Å². The Labute approximate surface area is 147 Å². The highest BCUT2D eigenvalue weighted by Crippen LogP contribution is 2.16. The highest BCUT2D eigenvalue weighted by atomic mass is 35.5. The molecule has 0 saturated heterocycles. The van der Waals surface area contributed by atoms with Gasteiger partial charge in [-0.05, 0) is 51.2 Å². The maximum absolute atomic E-state index is 12.3. The molecule has 1 amide bonds. The molecule has 2 aromatic rings. The molecular weight excluding hydrogens is 326 g/mol. The molecular formula is C17H24ClN5O. The summed E-state index contributed by atoms with van der Waals surface area (Å²) in [6, 6.07) is 7.29. The zero-order valence-corrected chi connectivity index (χ0v) is 15.2. The van der Waals surface area contributed by atoms with Crippen LogP contribution >= 0.6 is 11.6 Å². The van der Waals surface area contributed by atoms with Gasteiger partial charge in [0, 0.05) is 11.6 Å². The molecule has 0 bridgehead atoms. The first-order valence-electron chi connectivity index (χ1n) is 8.25. The smallest absolute Gasteiger partial charge is 0.273 e. The van der Waals surface area contributed by atoms with Crippen LogP contribution in [0.4, 0.5) is 0 Å². The summed E-state index contributed by atoms with van der Waals surface area (Å²) in [4.78, 5) is 14.6. The zero-order chi connectivity index (χ0) is 17.5. The van der Waals surface area contributed by atoms with Crippen LogP contribution in [0.2, 0.25) is 5.02 Å². The quantitative estimate of drug-likeness (QED) is 0.744. The summed E-state index contributed by atoms with van der Waals surface area (Å²) < 4.78 is 1.62. The van der Waals surface area contributed by atoms with E-state index in [1.807, 2.05) is 19.1 Å². The summed E-state index contributed by atoms with van der Waals surface area (Å²) in [5.41, 5.74) is 1.82. The molecule has 0 aliphatic carbocycles. The van der Waals surface area contributed by atoms with Gasteiger partial charge in [0.2, 0.25) is 0 Å². The molecule has 24 heavy (non-hydrogen) atoms. The van der Waals surface area contributed by atoms with Gasteiger partial charge < -0.3 is 10.2 Å². The van der Waals surface area contributed by atoms with Gasteiger partial charge in [-0.2, -0.15) is 0 Å². The van der Waals surface area contributed by atoms with Crippen LogP contribution in [0.1, 0.15) is 36.5 Å². The molecule has 1 aromatic carbocycles. The molecule has 1 aromatic heterocycles. The lowest BCUT2D eigenvalue weighted by atomic mass is 10.2. The molecule has 0 atom stereocenters. The number of amides is 1. The van der Waals surface area contributed by atoms with Crippen molar-refractivity contribution in [2.45, 2.75) is 27.2 Å². The van der Waals surface area contributed by atoms with Crippen molar-refractivity contribution in [3.8, 4) is 5.69 Å². The Morgan fingerprint density at radius 2 is 2.08 bits per heavy atom. The topological polar surface area (TPSA) is 63.1 Å². The number of nitrogens with one attached hydrogen (secondary N) is 1. The van der Waals surface area contributed by atoms with E-state index in [0.29, 0.717) is 23.0 Å². The van der Waals surface area contributed by atoms with Gasteiger partial charge in [-0.25, -0.2) is 4.68 Å². The fourth-order valence-electron chi connectivity index (χ4n) is 2.52. The minimum Gasteiger partial charge on any atom is -0.351 e. The number of nitrogens with zero attached hydrogens (tertiary/aromatic N) is 4. The van der Waals surface area contributed by atoms with Gasteiger partial charge in [0.15, 0.2) is 5.69 Å². The van der Waals surface area contributed by atoms with Crippen LogP contribution in [0.15, 0.2) is 24.3 Å². The van der Waals surface area contributed by atoms with Gasteiger partial charge >= 0.3 is 0 Å². The molecule has 0 fully saturated rings. The SMILES string of the molecule is CCN(CC)CCCNC(=O)c1nnn(-c2cccc(Cl)c2)c1C. The Hall–Kier alpha value is -1.92. The number of carbonyl (C=O) groups is 1. The van der Waals surface area contributed by atoms with Crippen molar-refractivity contribution in [2.24, 2.45) is 0 Å². The number of aromatic nitrogens is 3. The maximum atomic E-state index is 12.3. The number of halogens is 1. The Balaban J connectivity index is 1.96. The molecule has 130 valence electrons. The highest BCUT2D eigenvalue weighted by Gasteiger charge is 2.17. The Morgan fingerprint density at radius 3 is 2.75 bits per heavy atom. The molecule has 0 saturated carbocycles. The van der Waals surface area contributed by atoms with Gasteiger partial charge in [0.05, 0.1) is 11.4 Å². The van der Waals surface area contributed by atoms with Crippen LogP contribution in [0, 0.1) is 6.92 Å². The van der Waals surface area contributed by atoms with Crippen molar-refractivity contribution in [1.82, 2.24) is 25.2 Å². The van der Waals surface area contributed by atoms with E-state index >= 15 is 0 Å². The zero-order valence-electron chi connectivity index (χ0n) is 14.4. The van der Waals surface area contributed by atoms with Gasteiger partial charge in [0.25, 0.3) is 5.91 Å². The second kappa shape index (κ2) is 8.80. The fraction of sp³-hybridized carbons (Fsp3) is 0.471. The van der Waals surface area contributed by atoms with Crippen molar-refractivity contribution in [3.63, 3.8) is 0 Å². The Kier molecular flexibility index (Phi) is 6.75. The van der Waals surface area contributed by atoms with Crippen molar-refractivity contribution in [1.29, 1.82) is 0 Å². The monoisotopic (exact) mass is 349 g/mol. The Bertz CT molecular complexity index is 681. The molecule has 0 spiro atoms. The van der Waals surface area contributed by atoms with E-state index in [1.54, 1.807) is 16.8 Å². The predicted molar refractivity (Wildman–Crippen MR) is 95.8 cm³/mol. The number of carbonyl (C=O) groups excluding carboxylic acids is 1. The van der Waals surface area contributed by atoms with Crippen molar-refractivity contribution < 1.29 is 4.79 Å². The Morgan fingerprint density at radius 1 is 1.33 bits per heavy atom. The van der Waals surface area contributed by atoms with E-state index in [0.717, 1.165) is 31.7 Å². The summed E-state index contributed by atoms with van der Waals surface area (Å²) in [7, 11) is 0. The number of rotatable bonds is 8. The maximum Gasteiger partial charge on any atom is 0.273 e. The minimum atomic E-state index is -0.194. The van der Waals surface area contributed by atoms with Crippen LogP contribution in [0.25, 0.3) is 5.69 Å². The van der Waals surface area contributed by atoms with Crippen molar-refractivity contribution in [2.75, 3.05) is 26.2 Å². The highest BCUT2D eigenvalue weighted by molar-refractivity contribution is 6.30. The van der Waals surface area contributed by atoms with Crippen LogP contribution < -0.4 is 5.32 Å². The van der Waals surface area contributed by atoms with Crippen molar-refractivity contribution >= 4 is 17.5 Å². The van der Waals surface area contributed by atoms with Crippen LogP contribution in [0.3, 0.4) is 0 Å². The van der Waals surface area contributed by atoms with E-state index in [1.165, 1.54) is 0 Å². The lowest BCUT2D eigenvalue weighted by Crippen LogP contribution is -2.30. The fourth-order valence-corrected chi connectivity index (χ4v) is 2.70. The lowest BCUT2D eigenvalue weighted by molar-refractivity contribution is 0.0946. The molecule has 0 radical (unpaired) electrons. The van der Waals surface area contributed by atoms with Gasteiger partial charge in [-0.15, -0.1) is 5.10 Å². The van der Waals surface area contributed by atoms with E-state index in [-0.39, 0.29) is 5.91 Å². The normalized spacial score (nSPS) is 11.0. The first-order chi connectivity index (χ1) is 11.6. The molecule has 6 nitrogen and oxygen atoms in total. The molecule has 1 heterocycles. The largest absolute Gasteiger partial charge is 0.351 e. The summed E-state index contributed by atoms with van der Waals surface area (Å²) in [5, 5.41) is 11.6. The summed E-state index contributed by atoms with van der Waals surface area (Å²) in [6.07, 6.45) is 0.912. The average Bonchev–Trinajstić information content (AvgIpc) is 2.96. The van der Waals surface area contributed by atoms with E-state index in [4.69, 9.17) is 11.6 Å². The number of hydrogen-bond donors (Lipinski definition) is 1. The predicted octanol–water partition coefficient (Wildman–Crippen LogP) is 2.69. The molecule has 0 unspecified atom stereocenters. The summed E-state index contributed by atoms with van der Waals surface area (Å²) >= 11 is 6.01. The first kappa shape index (κ1) is 18.4.